The maximum absolute atomic E-state index is 12.4. The molecule has 0 bridgehead atoms. The summed E-state index contributed by atoms with van der Waals surface area (Å²) in [6.45, 7) is 4.41. The fraction of sp³-hybridized carbons (Fsp3) is 0.357. The number of aromatic nitrogens is 2. The summed E-state index contributed by atoms with van der Waals surface area (Å²) in [5, 5.41) is 3.34. The van der Waals surface area contributed by atoms with E-state index in [2.05, 4.69) is 19.7 Å². The molecule has 0 N–H and O–H groups in total. The molecule has 0 aliphatic carbocycles. The predicted molar refractivity (Wildman–Crippen MR) is 71.3 cm³/mol. The Morgan fingerprint density at radius 2 is 1.73 bits per heavy atom. The van der Waals surface area contributed by atoms with E-state index in [-0.39, 0.29) is 11.4 Å². The molecular formula is C14H12F3N3O2. The third-order valence-electron chi connectivity index (χ3n) is 3.03. The maximum Gasteiger partial charge on any atom is 0.471 e. The number of ether oxygens (including phenoxy) is 1. The molecule has 1 aliphatic heterocycles. The van der Waals surface area contributed by atoms with Crippen LogP contribution in [-0.4, -0.2) is 28.2 Å². The third-order valence-corrected chi connectivity index (χ3v) is 3.03. The van der Waals surface area contributed by atoms with E-state index in [1.165, 1.54) is 0 Å². The first kappa shape index (κ1) is 14.6. The van der Waals surface area contributed by atoms with Crippen molar-refractivity contribution >= 4 is 5.90 Å². The Morgan fingerprint density at radius 3 is 2.23 bits per heavy atom. The van der Waals surface area contributed by atoms with Crippen LogP contribution in [0.25, 0.3) is 11.4 Å². The van der Waals surface area contributed by atoms with Crippen molar-refractivity contribution in [2.75, 3.05) is 6.54 Å². The van der Waals surface area contributed by atoms with E-state index >= 15 is 0 Å². The Balaban J connectivity index is 1.82. The van der Waals surface area contributed by atoms with Gasteiger partial charge in [-0.15, -0.1) is 0 Å². The molecule has 1 aliphatic rings. The molecule has 0 amide bonds. The van der Waals surface area contributed by atoms with Crippen LogP contribution in [0.4, 0.5) is 13.2 Å². The molecule has 0 spiro atoms. The molecule has 1 aromatic carbocycles. The topological polar surface area (TPSA) is 60.5 Å². The average Bonchev–Trinajstić information content (AvgIpc) is 3.05. The minimum Gasteiger partial charge on any atom is -0.469 e. The van der Waals surface area contributed by atoms with Crippen molar-refractivity contribution in [2.24, 2.45) is 4.99 Å². The van der Waals surface area contributed by atoms with Gasteiger partial charge < -0.3 is 9.26 Å². The Morgan fingerprint density at radius 1 is 1.09 bits per heavy atom. The zero-order valence-corrected chi connectivity index (χ0v) is 11.8. The Labute approximate surface area is 123 Å². The molecular weight excluding hydrogens is 299 g/mol. The van der Waals surface area contributed by atoms with Crippen LogP contribution in [0.5, 0.6) is 0 Å². The first-order chi connectivity index (χ1) is 10.2. The number of hydrogen-bond donors (Lipinski definition) is 0. The van der Waals surface area contributed by atoms with E-state index in [1.807, 2.05) is 13.8 Å². The average molecular weight is 311 g/mol. The van der Waals surface area contributed by atoms with Crippen molar-refractivity contribution in [1.82, 2.24) is 10.1 Å². The monoisotopic (exact) mass is 311 g/mol. The quantitative estimate of drug-likeness (QED) is 0.853. The van der Waals surface area contributed by atoms with Gasteiger partial charge in [-0.1, -0.05) is 17.3 Å². The third kappa shape index (κ3) is 2.81. The summed E-state index contributed by atoms with van der Waals surface area (Å²) in [6, 6.07) is 6.58. The lowest BCUT2D eigenvalue weighted by Crippen LogP contribution is -2.24. The summed E-state index contributed by atoms with van der Waals surface area (Å²) in [5.41, 5.74) is 0.818. The molecule has 3 rings (SSSR count). The van der Waals surface area contributed by atoms with Gasteiger partial charge in [-0.2, -0.15) is 18.2 Å². The number of hydrogen-bond acceptors (Lipinski definition) is 5. The van der Waals surface area contributed by atoms with Crippen molar-refractivity contribution in [1.29, 1.82) is 0 Å². The highest BCUT2D eigenvalue weighted by atomic mass is 19.4. The fourth-order valence-electron chi connectivity index (χ4n) is 1.96. The van der Waals surface area contributed by atoms with E-state index in [9.17, 15) is 13.2 Å². The van der Waals surface area contributed by atoms with E-state index < -0.39 is 12.1 Å². The van der Waals surface area contributed by atoms with E-state index in [4.69, 9.17) is 4.74 Å². The molecule has 0 saturated carbocycles. The lowest BCUT2D eigenvalue weighted by Gasteiger charge is -2.17. The normalized spacial score (nSPS) is 17.2. The molecule has 0 saturated heterocycles. The number of aliphatic imine (C=N–C) groups is 1. The zero-order valence-electron chi connectivity index (χ0n) is 11.8. The van der Waals surface area contributed by atoms with Gasteiger partial charge in [0.15, 0.2) is 0 Å². The second-order valence-electron chi connectivity index (χ2n) is 5.48. The molecule has 0 atom stereocenters. The zero-order chi connectivity index (χ0) is 16.0. The molecule has 0 unspecified atom stereocenters. The van der Waals surface area contributed by atoms with Crippen molar-refractivity contribution in [3.8, 4) is 11.4 Å². The number of alkyl halides is 3. The summed E-state index contributed by atoms with van der Waals surface area (Å²) in [4.78, 5) is 7.63. The summed E-state index contributed by atoms with van der Waals surface area (Å²) in [5.74, 6) is -0.967. The van der Waals surface area contributed by atoms with Gasteiger partial charge in [0.05, 0.1) is 6.54 Å². The second-order valence-corrected chi connectivity index (χ2v) is 5.48. The Bertz CT molecular complexity index is 718. The standard InChI is InChI=1S/C14H12F3N3O2/c1-13(2)7-18-11(21-13)9-5-3-8(4-6-9)10-19-12(22-20-10)14(15,16)17/h3-6H,7H2,1-2H3. The van der Waals surface area contributed by atoms with Crippen LogP contribution < -0.4 is 0 Å². The first-order valence-electron chi connectivity index (χ1n) is 6.50. The van der Waals surface area contributed by atoms with Gasteiger partial charge in [-0.25, -0.2) is 4.99 Å². The number of benzene rings is 1. The summed E-state index contributed by atoms with van der Waals surface area (Å²) in [7, 11) is 0. The first-order valence-corrected chi connectivity index (χ1v) is 6.50. The molecule has 116 valence electrons. The fourth-order valence-corrected chi connectivity index (χ4v) is 1.96. The lowest BCUT2D eigenvalue weighted by atomic mass is 10.1. The highest BCUT2D eigenvalue weighted by Crippen LogP contribution is 2.29. The van der Waals surface area contributed by atoms with E-state index in [0.29, 0.717) is 18.0 Å². The van der Waals surface area contributed by atoms with Gasteiger partial charge in [0.2, 0.25) is 11.7 Å². The largest absolute Gasteiger partial charge is 0.471 e. The van der Waals surface area contributed by atoms with Gasteiger partial charge in [-0.05, 0) is 26.0 Å². The van der Waals surface area contributed by atoms with Gasteiger partial charge in [0, 0.05) is 11.1 Å². The number of halogens is 3. The number of nitrogens with zero attached hydrogens (tertiary/aromatic N) is 3. The second kappa shape index (κ2) is 4.82. The van der Waals surface area contributed by atoms with Crippen LogP contribution in [0.3, 0.4) is 0 Å². The predicted octanol–water partition coefficient (Wildman–Crippen LogP) is 3.31. The summed E-state index contributed by atoms with van der Waals surface area (Å²) in [6.07, 6.45) is -4.65. The summed E-state index contributed by atoms with van der Waals surface area (Å²) < 4.78 is 47.2. The van der Waals surface area contributed by atoms with Crippen LogP contribution >= 0.6 is 0 Å². The van der Waals surface area contributed by atoms with Crippen LogP contribution in [0.15, 0.2) is 33.8 Å². The van der Waals surface area contributed by atoms with Crippen molar-refractivity contribution in [3.63, 3.8) is 0 Å². The Hall–Kier alpha value is -2.38. The summed E-state index contributed by atoms with van der Waals surface area (Å²) >= 11 is 0. The van der Waals surface area contributed by atoms with Crippen molar-refractivity contribution in [3.05, 3.63) is 35.7 Å². The van der Waals surface area contributed by atoms with Crippen LogP contribution in [0, 0.1) is 0 Å². The Kier molecular flexibility index (Phi) is 3.19. The molecule has 1 aromatic heterocycles. The highest BCUT2D eigenvalue weighted by molar-refractivity contribution is 5.95. The van der Waals surface area contributed by atoms with Gasteiger partial charge in [-0.3, -0.25) is 0 Å². The maximum atomic E-state index is 12.4. The van der Waals surface area contributed by atoms with Gasteiger partial charge >= 0.3 is 12.1 Å². The van der Waals surface area contributed by atoms with Crippen LogP contribution in [-0.2, 0) is 10.9 Å². The molecule has 0 radical (unpaired) electrons. The van der Waals surface area contributed by atoms with E-state index in [1.54, 1.807) is 24.3 Å². The molecule has 2 aromatic rings. The van der Waals surface area contributed by atoms with Crippen molar-refractivity contribution < 1.29 is 22.4 Å². The highest BCUT2D eigenvalue weighted by Gasteiger charge is 2.38. The van der Waals surface area contributed by atoms with Gasteiger partial charge in [0.25, 0.3) is 0 Å². The molecule has 8 heteroatoms. The van der Waals surface area contributed by atoms with Crippen LogP contribution in [0.2, 0.25) is 0 Å². The molecule has 5 nitrogen and oxygen atoms in total. The minimum absolute atomic E-state index is 0.117. The molecule has 0 fully saturated rings. The van der Waals surface area contributed by atoms with Crippen molar-refractivity contribution in [2.45, 2.75) is 25.6 Å². The van der Waals surface area contributed by atoms with Gasteiger partial charge in [0.1, 0.15) is 5.60 Å². The smallest absolute Gasteiger partial charge is 0.469 e. The lowest BCUT2D eigenvalue weighted by molar-refractivity contribution is -0.159. The SMILES string of the molecule is CC1(C)CN=C(c2ccc(-c3noc(C(F)(F)F)n3)cc2)O1. The molecule has 22 heavy (non-hydrogen) atoms. The van der Waals surface area contributed by atoms with Crippen LogP contribution in [0.1, 0.15) is 25.3 Å². The minimum atomic E-state index is -4.65. The number of rotatable bonds is 2. The molecule has 2 heterocycles. The van der Waals surface area contributed by atoms with E-state index in [0.717, 1.165) is 5.56 Å².